The second-order valence-electron chi connectivity index (χ2n) is 7.53. The number of benzene rings is 2. The number of nitrogens with zero attached hydrogens (tertiary/aromatic N) is 5. The first-order valence-corrected chi connectivity index (χ1v) is 12.5. The second kappa shape index (κ2) is 8.67. The molecular formula is C24H20AsFN5O. The number of hydrogen-bond donors (Lipinski definition) is 0. The average Bonchev–Trinajstić information content (AvgIpc) is 3.46. The molecule has 0 aliphatic rings. The molecule has 0 fully saturated rings. The summed E-state index contributed by atoms with van der Waals surface area (Å²) < 4.78 is 22.7. The van der Waals surface area contributed by atoms with Crippen molar-refractivity contribution in [1.82, 2.24) is 24.7 Å². The van der Waals surface area contributed by atoms with Crippen LogP contribution in [0.5, 0.6) is 0 Å². The van der Waals surface area contributed by atoms with E-state index in [2.05, 4.69) is 30.7 Å². The number of rotatable bonds is 6. The second-order valence-corrected chi connectivity index (χ2v) is 10.1. The molecule has 159 valence electrons. The molecular weight excluding hydrogens is 468 g/mol. The van der Waals surface area contributed by atoms with E-state index in [-0.39, 0.29) is 21.6 Å². The minimum absolute atomic E-state index is 0.164. The zero-order valence-corrected chi connectivity index (χ0v) is 19.5. The molecule has 0 aliphatic carbocycles. The Labute approximate surface area is 191 Å². The van der Waals surface area contributed by atoms with Gasteiger partial charge in [-0.15, -0.1) is 0 Å². The fraction of sp³-hybridized carbons (Fsp3) is 0.167. The van der Waals surface area contributed by atoms with Gasteiger partial charge in [-0.3, -0.25) is 0 Å². The van der Waals surface area contributed by atoms with Crippen molar-refractivity contribution >= 4 is 31.1 Å². The van der Waals surface area contributed by atoms with Crippen LogP contribution in [-0.4, -0.2) is 40.4 Å². The van der Waals surface area contributed by atoms with Crippen LogP contribution in [0.1, 0.15) is 11.3 Å². The van der Waals surface area contributed by atoms with Gasteiger partial charge in [-0.1, -0.05) is 0 Å². The Hall–Kier alpha value is -3.31. The Morgan fingerprint density at radius 2 is 1.75 bits per heavy atom. The van der Waals surface area contributed by atoms with Gasteiger partial charge < -0.3 is 0 Å². The molecule has 2 aromatic carbocycles. The summed E-state index contributed by atoms with van der Waals surface area (Å²) in [4.78, 5) is 13.0. The molecule has 0 bridgehead atoms. The zero-order chi connectivity index (χ0) is 22.1. The standard InChI is InChI=1S/C24H20AsFN5O/c1-15-3-8-20(26)23-19(15)11-16(2)31(23)10-9-25-22-12-21(27-13-28-22)17-4-6-18(7-5-17)24-29-14-30-32-24/h3-8,11-14H,9-10H2,1-2H3. The van der Waals surface area contributed by atoms with Crippen LogP contribution in [0.3, 0.4) is 0 Å². The average molecular weight is 488 g/mol. The molecule has 0 saturated carbocycles. The van der Waals surface area contributed by atoms with Gasteiger partial charge in [0.15, 0.2) is 0 Å². The van der Waals surface area contributed by atoms with Crippen LogP contribution < -0.4 is 4.48 Å². The fourth-order valence-electron chi connectivity index (χ4n) is 3.83. The van der Waals surface area contributed by atoms with Gasteiger partial charge in [-0.25, -0.2) is 0 Å². The Morgan fingerprint density at radius 1 is 0.938 bits per heavy atom. The van der Waals surface area contributed by atoms with E-state index in [9.17, 15) is 4.39 Å². The molecule has 0 spiro atoms. The third kappa shape index (κ3) is 3.96. The molecule has 3 aromatic heterocycles. The predicted octanol–water partition coefficient (Wildman–Crippen LogP) is 4.35. The summed E-state index contributed by atoms with van der Waals surface area (Å²) in [6.07, 6.45) is 3.00. The summed E-state index contributed by atoms with van der Waals surface area (Å²) in [6, 6.07) is 15.4. The van der Waals surface area contributed by atoms with Crippen molar-refractivity contribution in [3.05, 3.63) is 78.3 Å². The number of fused-ring (bicyclic) bond motifs is 1. The van der Waals surface area contributed by atoms with Crippen LogP contribution in [0.2, 0.25) is 5.21 Å². The molecule has 0 amide bonds. The van der Waals surface area contributed by atoms with Crippen LogP contribution in [0.25, 0.3) is 33.6 Å². The molecule has 0 aliphatic heterocycles. The van der Waals surface area contributed by atoms with Crippen LogP contribution in [-0.2, 0) is 6.54 Å². The molecule has 5 rings (SSSR count). The van der Waals surface area contributed by atoms with Crippen molar-refractivity contribution in [2.24, 2.45) is 0 Å². The van der Waals surface area contributed by atoms with Crippen molar-refractivity contribution in [2.75, 3.05) is 0 Å². The molecule has 0 saturated heterocycles. The van der Waals surface area contributed by atoms with Crippen molar-refractivity contribution in [3.8, 4) is 22.7 Å². The van der Waals surface area contributed by atoms with Gasteiger partial charge in [-0.2, -0.15) is 0 Å². The normalized spacial score (nSPS) is 11.7. The molecule has 1 radical (unpaired) electrons. The Balaban J connectivity index is 1.31. The van der Waals surface area contributed by atoms with Gasteiger partial charge >= 0.3 is 191 Å². The van der Waals surface area contributed by atoms with E-state index in [1.165, 1.54) is 6.33 Å². The van der Waals surface area contributed by atoms with Crippen molar-refractivity contribution in [1.29, 1.82) is 0 Å². The van der Waals surface area contributed by atoms with Crippen LogP contribution in [0, 0.1) is 19.7 Å². The number of hydrogen-bond acceptors (Lipinski definition) is 5. The van der Waals surface area contributed by atoms with Gasteiger partial charge in [0.1, 0.15) is 0 Å². The van der Waals surface area contributed by atoms with E-state index >= 15 is 0 Å². The monoisotopic (exact) mass is 488 g/mol. The van der Waals surface area contributed by atoms with Gasteiger partial charge in [0.05, 0.1) is 0 Å². The predicted molar refractivity (Wildman–Crippen MR) is 122 cm³/mol. The van der Waals surface area contributed by atoms with Crippen LogP contribution in [0.4, 0.5) is 4.39 Å². The quantitative estimate of drug-likeness (QED) is 0.333. The van der Waals surface area contributed by atoms with Gasteiger partial charge in [0.25, 0.3) is 0 Å². The molecule has 0 unspecified atom stereocenters. The number of aromatic nitrogens is 5. The maximum absolute atomic E-state index is 14.5. The van der Waals surface area contributed by atoms with E-state index in [4.69, 9.17) is 4.52 Å². The van der Waals surface area contributed by atoms with Gasteiger partial charge in [0, 0.05) is 0 Å². The number of halogens is 1. The summed E-state index contributed by atoms with van der Waals surface area (Å²) in [5.41, 5.74) is 5.63. The summed E-state index contributed by atoms with van der Waals surface area (Å²) in [5, 5.41) is 5.58. The first-order chi connectivity index (χ1) is 15.6. The van der Waals surface area contributed by atoms with Crippen molar-refractivity contribution in [3.63, 3.8) is 0 Å². The van der Waals surface area contributed by atoms with Gasteiger partial charge in [0.2, 0.25) is 0 Å². The number of aryl methyl sites for hydroxylation is 3. The van der Waals surface area contributed by atoms with Gasteiger partial charge in [-0.05, 0) is 0 Å². The molecule has 8 heteroatoms. The Kier molecular flexibility index (Phi) is 5.58. The van der Waals surface area contributed by atoms with Crippen molar-refractivity contribution in [2.45, 2.75) is 25.6 Å². The van der Waals surface area contributed by atoms with E-state index in [0.29, 0.717) is 11.4 Å². The topological polar surface area (TPSA) is 69.6 Å². The van der Waals surface area contributed by atoms with E-state index in [1.54, 1.807) is 12.4 Å². The zero-order valence-electron chi connectivity index (χ0n) is 17.7. The third-order valence-electron chi connectivity index (χ3n) is 5.47. The summed E-state index contributed by atoms with van der Waals surface area (Å²) >= 11 is -0.175. The first-order valence-electron chi connectivity index (χ1n) is 10.2. The fourth-order valence-corrected chi connectivity index (χ4v) is 5.67. The molecule has 0 N–H and O–H groups in total. The maximum atomic E-state index is 14.5. The van der Waals surface area contributed by atoms with Crippen LogP contribution >= 0.6 is 0 Å². The molecule has 5 aromatic rings. The molecule has 6 nitrogen and oxygen atoms in total. The molecule has 3 heterocycles. The minimum atomic E-state index is -0.175. The van der Waals surface area contributed by atoms with E-state index in [1.807, 2.05) is 50.2 Å². The summed E-state index contributed by atoms with van der Waals surface area (Å²) in [7, 11) is 0. The summed E-state index contributed by atoms with van der Waals surface area (Å²) in [5.74, 6) is 0.327. The van der Waals surface area contributed by atoms with E-state index in [0.717, 1.165) is 49.7 Å². The SMILES string of the molecule is Cc1ccc(F)c2c1cc(C)n2CC[As]c1cc(-c2ccc(-c3ncno3)cc2)ncn1. The van der Waals surface area contributed by atoms with E-state index < -0.39 is 0 Å². The van der Waals surface area contributed by atoms with Crippen molar-refractivity contribution < 1.29 is 8.91 Å². The molecule has 32 heavy (non-hydrogen) atoms. The Bertz CT molecular complexity index is 1380. The Morgan fingerprint density at radius 3 is 2.53 bits per heavy atom. The molecule has 0 atom stereocenters. The first kappa shape index (κ1) is 20.6. The summed E-state index contributed by atoms with van der Waals surface area (Å²) in [6.45, 7) is 4.83. The third-order valence-corrected chi connectivity index (χ3v) is 7.56. The van der Waals surface area contributed by atoms with Crippen LogP contribution in [0.15, 0.2) is 65.7 Å².